The van der Waals surface area contributed by atoms with Crippen LogP contribution in [0.5, 0.6) is 0 Å². The molecular formula is C12H15F2N. The maximum atomic E-state index is 12.9. The third-order valence-corrected chi connectivity index (χ3v) is 2.14. The number of hydrogen-bond acceptors (Lipinski definition) is 1. The molecule has 3 heteroatoms. The van der Waals surface area contributed by atoms with Gasteiger partial charge < -0.3 is 5.32 Å². The molecule has 0 aliphatic carbocycles. The van der Waals surface area contributed by atoms with Gasteiger partial charge in [0.25, 0.3) is 0 Å². The molecule has 1 rings (SSSR count). The van der Waals surface area contributed by atoms with E-state index in [1.165, 1.54) is 12.1 Å². The van der Waals surface area contributed by atoms with Crippen molar-refractivity contribution in [1.29, 1.82) is 0 Å². The molecule has 0 heterocycles. The first-order valence-electron chi connectivity index (χ1n) is 4.96. The van der Waals surface area contributed by atoms with Crippen molar-refractivity contribution in [2.75, 3.05) is 5.32 Å². The van der Waals surface area contributed by atoms with Crippen molar-refractivity contribution >= 4 is 5.69 Å². The molecule has 1 N–H and O–H groups in total. The van der Waals surface area contributed by atoms with Gasteiger partial charge >= 0.3 is 0 Å². The third-order valence-electron chi connectivity index (χ3n) is 2.14. The van der Waals surface area contributed by atoms with Crippen molar-refractivity contribution in [3.05, 3.63) is 42.5 Å². The van der Waals surface area contributed by atoms with Gasteiger partial charge in [-0.2, -0.15) is 0 Å². The Morgan fingerprint density at radius 1 is 1.40 bits per heavy atom. The zero-order valence-corrected chi connectivity index (χ0v) is 8.76. The summed E-state index contributed by atoms with van der Waals surface area (Å²) in [5.74, 6) is -1.64. The van der Waals surface area contributed by atoms with Gasteiger partial charge in [-0.15, -0.1) is 6.58 Å². The summed E-state index contributed by atoms with van der Waals surface area (Å²) in [7, 11) is 0. The molecule has 1 atom stereocenters. The second-order valence-corrected chi connectivity index (χ2v) is 3.54. The van der Waals surface area contributed by atoms with Crippen LogP contribution in [0, 0.1) is 11.6 Å². The van der Waals surface area contributed by atoms with Gasteiger partial charge in [0.1, 0.15) is 0 Å². The van der Waals surface area contributed by atoms with E-state index >= 15 is 0 Å². The van der Waals surface area contributed by atoms with Crippen molar-refractivity contribution in [2.24, 2.45) is 0 Å². The molecule has 1 aromatic carbocycles. The Morgan fingerprint density at radius 2 is 2.13 bits per heavy atom. The van der Waals surface area contributed by atoms with E-state index in [0.29, 0.717) is 5.69 Å². The molecule has 0 fully saturated rings. The lowest BCUT2D eigenvalue weighted by atomic mass is 10.1. The first kappa shape index (κ1) is 11.7. The second kappa shape index (κ2) is 5.49. The number of halogens is 2. The summed E-state index contributed by atoms with van der Waals surface area (Å²) in [6.45, 7) is 5.62. The smallest absolute Gasteiger partial charge is 0.160 e. The molecule has 0 radical (unpaired) electrons. The third kappa shape index (κ3) is 3.70. The lowest BCUT2D eigenvalue weighted by molar-refractivity contribution is 0.509. The van der Waals surface area contributed by atoms with Gasteiger partial charge in [0.15, 0.2) is 11.6 Å². The van der Waals surface area contributed by atoms with E-state index in [0.717, 1.165) is 18.9 Å². The molecule has 0 saturated heterocycles. The van der Waals surface area contributed by atoms with Crippen molar-refractivity contribution in [3.63, 3.8) is 0 Å². The van der Waals surface area contributed by atoms with Gasteiger partial charge in [0.05, 0.1) is 0 Å². The molecule has 0 aliphatic rings. The molecule has 1 nitrogen and oxygen atoms in total. The molecule has 82 valence electrons. The normalized spacial score (nSPS) is 12.2. The summed E-state index contributed by atoms with van der Waals surface area (Å²) in [6, 6.07) is 4.04. The Balaban J connectivity index is 2.56. The second-order valence-electron chi connectivity index (χ2n) is 3.54. The zero-order valence-electron chi connectivity index (χ0n) is 8.76. The van der Waals surface area contributed by atoms with Gasteiger partial charge in [-0.05, 0) is 31.9 Å². The van der Waals surface area contributed by atoms with Crippen molar-refractivity contribution < 1.29 is 8.78 Å². The highest BCUT2D eigenvalue weighted by atomic mass is 19.2. The predicted molar refractivity (Wildman–Crippen MR) is 58.9 cm³/mol. The molecule has 0 aromatic heterocycles. The molecule has 0 spiro atoms. The topological polar surface area (TPSA) is 12.0 Å². The fraction of sp³-hybridized carbons (Fsp3) is 0.333. The van der Waals surface area contributed by atoms with E-state index < -0.39 is 11.6 Å². The first-order chi connectivity index (χ1) is 7.13. The Bertz CT molecular complexity index is 336. The molecule has 1 aromatic rings. The highest BCUT2D eigenvalue weighted by Gasteiger charge is 2.04. The number of hydrogen-bond donors (Lipinski definition) is 1. The minimum atomic E-state index is -0.823. The van der Waals surface area contributed by atoms with Gasteiger partial charge in [-0.25, -0.2) is 8.78 Å². The summed E-state index contributed by atoms with van der Waals surface area (Å²) in [5, 5.41) is 3.09. The zero-order chi connectivity index (χ0) is 11.3. The Hall–Kier alpha value is -1.38. The highest BCUT2D eigenvalue weighted by molar-refractivity contribution is 5.44. The number of allylic oxidation sites excluding steroid dienone is 1. The monoisotopic (exact) mass is 211 g/mol. The molecule has 0 saturated carbocycles. The van der Waals surface area contributed by atoms with Crippen molar-refractivity contribution in [1.82, 2.24) is 0 Å². The lowest BCUT2D eigenvalue weighted by Crippen LogP contribution is -2.14. The van der Waals surface area contributed by atoms with E-state index in [1.807, 2.05) is 13.0 Å². The average Bonchev–Trinajstić information content (AvgIpc) is 2.20. The predicted octanol–water partition coefficient (Wildman–Crippen LogP) is 3.73. The fourth-order valence-corrected chi connectivity index (χ4v) is 1.31. The number of nitrogens with one attached hydrogen (secondary N) is 1. The maximum Gasteiger partial charge on any atom is 0.160 e. The van der Waals surface area contributed by atoms with E-state index in [9.17, 15) is 8.78 Å². The van der Waals surface area contributed by atoms with Crippen LogP contribution in [0.25, 0.3) is 0 Å². The van der Waals surface area contributed by atoms with E-state index in [1.54, 1.807) is 0 Å². The summed E-state index contributed by atoms with van der Waals surface area (Å²) in [6.07, 6.45) is 3.66. The van der Waals surface area contributed by atoms with E-state index in [2.05, 4.69) is 11.9 Å². The van der Waals surface area contributed by atoms with E-state index in [4.69, 9.17) is 0 Å². The Labute approximate surface area is 88.8 Å². The summed E-state index contributed by atoms with van der Waals surface area (Å²) < 4.78 is 25.5. The minimum absolute atomic E-state index is 0.216. The molecule has 15 heavy (non-hydrogen) atoms. The molecule has 0 bridgehead atoms. The van der Waals surface area contributed by atoms with Crippen LogP contribution in [0.15, 0.2) is 30.9 Å². The summed E-state index contributed by atoms with van der Waals surface area (Å²) in [5.41, 5.74) is 0.602. The number of benzene rings is 1. The van der Waals surface area contributed by atoms with E-state index in [-0.39, 0.29) is 6.04 Å². The van der Waals surface area contributed by atoms with Crippen LogP contribution in [0.1, 0.15) is 19.8 Å². The Kier molecular flexibility index (Phi) is 4.28. The fourth-order valence-electron chi connectivity index (χ4n) is 1.31. The maximum absolute atomic E-state index is 12.9. The van der Waals surface area contributed by atoms with Gasteiger partial charge in [-0.3, -0.25) is 0 Å². The number of rotatable bonds is 5. The van der Waals surface area contributed by atoms with Crippen LogP contribution in [0.2, 0.25) is 0 Å². The van der Waals surface area contributed by atoms with Crippen LogP contribution in [0.4, 0.5) is 14.5 Å². The molecule has 0 aliphatic heterocycles. The van der Waals surface area contributed by atoms with Gasteiger partial charge in [-0.1, -0.05) is 6.08 Å². The van der Waals surface area contributed by atoms with Crippen LogP contribution >= 0.6 is 0 Å². The molecular weight excluding hydrogens is 196 g/mol. The standard InChI is InChI=1S/C12H15F2N/c1-3-4-5-9(2)15-10-6-7-11(13)12(14)8-10/h3,6-9,15H,1,4-5H2,2H3/t9-/m0/s1. The first-order valence-corrected chi connectivity index (χ1v) is 4.96. The van der Waals surface area contributed by atoms with Crippen LogP contribution in [0.3, 0.4) is 0 Å². The summed E-state index contributed by atoms with van der Waals surface area (Å²) in [4.78, 5) is 0. The van der Waals surface area contributed by atoms with Crippen LogP contribution < -0.4 is 5.32 Å². The molecule has 0 unspecified atom stereocenters. The largest absolute Gasteiger partial charge is 0.382 e. The van der Waals surface area contributed by atoms with Crippen molar-refractivity contribution in [3.8, 4) is 0 Å². The van der Waals surface area contributed by atoms with Gasteiger partial charge in [0, 0.05) is 17.8 Å². The Morgan fingerprint density at radius 3 is 2.73 bits per heavy atom. The van der Waals surface area contributed by atoms with Crippen LogP contribution in [-0.4, -0.2) is 6.04 Å². The SMILES string of the molecule is C=CCC[C@H](C)Nc1ccc(F)c(F)c1. The quantitative estimate of drug-likeness (QED) is 0.732. The highest BCUT2D eigenvalue weighted by Crippen LogP contribution is 2.15. The van der Waals surface area contributed by atoms with Crippen LogP contribution in [-0.2, 0) is 0 Å². The summed E-state index contributed by atoms with van der Waals surface area (Å²) >= 11 is 0. The van der Waals surface area contributed by atoms with Crippen molar-refractivity contribution in [2.45, 2.75) is 25.8 Å². The number of anilines is 1. The molecule has 0 amide bonds. The lowest BCUT2D eigenvalue weighted by Gasteiger charge is -2.14. The average molecular weight is 211 g/mol. The van der Waals surface area contributed by atoms with Gasteiger partial charge in [0.2, 0.25) is 0 Å². The minimum Gasteiger partial charge on any atom is -0.382 e.